The first kappa shape index (κ1) is 13.6. The number of fused-ring (bicyclic) bond motifs is 1. The van der Waals surface area contributed by atoms with Gasteiger partial charge in [0.15, 0.2) is 17.2 Å². The molecule has 4 nitrogen and oxygen atoms in total. The van der Waals surface area contributed by atoms with Crippen LogP contribution in [0.3, 0.4) is 0 Å². The van der Waals surface area contributed by atoms with Crippen molar-refractivity contribution in [2.24, 2.45) is 0 Å². The van der Waals surface area contributed by atoms with Crippen LogP contribution in [0.2, 0.25) is 0 Å². The van der Waals surface area contributed by atoms with Crippen LogP contribution >= 0.6 is 23.5 Å². The van der Waals surface area contributed by atoms with Crippen LogP contribution in [0.5, 0.6) is 5.75 Å². The van der Waals surface area contributed by atoms with Crippen molar-refractivity contribution in [3.05, 3.63) is 35.1 Å². The minimum Gasteiger partial charge on any atom is -0.437 e. The van der Waals surface area contributed by atoms with Gasteiger partial charge in [0.2, 0.25) is 5.88 Å². The predicted molar refractivity (Wildman–Crippen MR) is 84.4 cm³/mol. The zero-order valence-corrected chi connectivity index (χ0v) is 13.2. The van der Waals surface area contributed by atoms with Gasteiger partial charge in [-0.3, -0.25) is 0 Å². The molecular weight excluding hydrogens is 292 g/mol. The van der Waals surface area contributed by atoms with Crippen LogP contribution in [-0.2, 0) is 4.79 Å². The van der Waals surface area contributed by atoms with E-state index in [1.165, 1.54) is 11.8 Å². The molecule has 0 saturated heterocycles. The largest absolute Gasteiger partial charge is 0.437 e. The number of hydrogen-bond acceptors (Lipinski definition) is 5. The molecular formula is C14H15N2O2S2+. The molecule has 1 amide bonds. The molecule has 0 saturated carbocycles. The molecule has 2 heterocycles. The van der Waals surface area contributed by atoms with Gasteiger partial charge in [0.1, 0.15) is 0 Å². The smallest absolute Gasteiger partial charge is 0.433 e. The first-order valence-corrected chi connectivity index (χ1v) is 8.37. The molecule has 1 aromatic carbocycles. The van der Waals surface area contributed by atoms with Crippen LogP contribution in [0.25, 0.3) is 0 Å². The van der Waals surface area contributed by atoms with Gasteiger partial charge in [-0.2, -0.15) is 0 Å². The number of anilines is 1. The lowest BCUT2D eigenvalue weighted by Gasteiger charge is -2.11. The number of rotatable bonds is 1. The summed E-state index contributed by atoms with van der Waals surface area (Å²) >= 11 is 3.09. The molecule has 1 aromatic rings. The topological polar surface area (TPSA) is 32.5 Å². The van der Waals surface area contributed by atoms with Gasteiger partial charge in [-0.15, -0.1) is 4.58 Å². The van der Waals surface area contributed by atoms with Crippen LogP contribution in [0, 0.1) is 0 Å². The quantitative estimate of drug-likeness (QED) is 0.588. The zero-order valence-electron chi connectivity index (χ0n) is 11.5. The summed E-state index contributed by atoms with van der Waals surface area (Å²) in [6, 6.07) is 7.81. The highest BCUT2D eigenvalue weighted by atomic mass is 32.2. The highest BCUT2D eigenvalue weighted by Crippen LogP contribution is 2.42. The SMILES string of the molecule is CC[N+]1=C(SC)S/C(=C2/Oc3ccccc3N2C)C1=O. The van der Waals surface area contributed by atoms with E-state index in [1.54, 1.807) is 16.3 Å². The number of benzene rings is 1. The predicted octanol–water partition coefficient (Wildman–Crippen LogP) is 2.71. The highest BCUT2D eigenvalue weighted by molar-refractivity contribution is 8.40. The molecule has 0 atom stereocenters. The number of likely N-dealkylation sites (N-methyl/N-ethyl adjacent to an activating group) is 1. The number of carbonyl (C=O) groups is 1. The molecule has 0 unspecified atom stereocenters. The lowest BCUT2D eigenvalue weighted by Crippen LogP contribution is -2.22. The summed E-state index contributed by atoms with van der Waals surface area (Å²) in [5.41, 5.74) is 0.990. The summed E-state index contributed by atoms with van der Waals surface area (Å²) in [5.74, 6) is 1.45. The van der Waals surface area contributed by atoms with E-state index in [9.17, 15) is 4.79 Å². The molecule has 0 bridgehead atoms. The Morgan fingerprint density at radius 3 is 2.75 bits per heavy atom. The average Bonchev–Trinajstić information content (AvgIpc) is 2.97. The van der Waals surface area contributed by atoms with Gasteiger partial charge in [0.05, 0.1) is 5.69 Å². The van der Waals surface area contributed by atoms with E-state index in [0.29, 0.717) is 17.3 Å². The lowest BCUT2D eigenvalue weighted by atomic mass is 10.3. The Hall–Kier alpha value is -1.40. The van der Waals surface area contributed by atoms with E-state index in [2.05, 4.69) is 0 Å². The van der Waals surface area contributed by atoms with Crippen molar-refractivity contribution in [1.82, 2.24) is 0 Å². The highest BCUT2D eigenvalue weighted by Gasteiger charge is 2.42. The van der Waals surface area contributed by atoms with Gasteiger partial charge in [0, 0.05) is 18.8 Å². The molecule has 6 heteroatoms. The Labute approximate surface area is 126 Å². The number of carbonyl (C=O) groups excluding carboxylic acids is 1. The van der Waals surface area contributed by atoms with Gasteiger partial charge in [-0.25, -0.2) is 4.79 Å². The fourth-order valence-corrected chi connectivity index (χ4v) is 4.23. The van der Waals surface area contributed by atoms with Gasteiger partial charge < -0.3 is 9.64 Å². The minimum atomic E-state index is 0.0245. The third-order valence-corrected chi connectivity index (χ3v) is 5.54. The average molecular weight is 307 g/mol. The monoisotopic (exact) mass is 307 g/mol. The standard InChI is InChI=1S/C14H15N2O2S2/c1-4-16-12(17)11(20-14(16)19-3)13-15(2)9-7-5-6-8-10(9)18-13/h5-8H,4H2,1-3H3/q+1/b13-11+. The number of ether oxygens (including phenoxy) is 1. The molecule has 0 spiro atoms. The van der Waals surface area contributed by atoms with E-state index in [-0.39, 0.29) is 5.91 Å². The van der Waals surface area contributed by atoms with Crippen molar-refractivity contribution in [3.8, 4) is 5.75 Å². The van der Waals surface area contributed by atoms with E-state index in [1.807, 2.05) is 49.4 Å². The molecule has 104 valence electrons. The van der Waals surface area contributed by atoms with Crippen LogP contribution in [0.4, 0.5) is 5.69 Å². The maximum absolute atomic E-state index is 12.5. The van der Waals surface area contributed by atoms with Crippen LogP contribution in [0.1, 0.15) is 6.92 Å². The number of nitrogens with zero attached hydrogens (tertiary/aromatic N) is 2. The molecule has 2 aliphatic heterocycles. The van der Waals surface area contributed by atoms with Crippen molar-refractivity contribution in [3.63, 3.8) is 0 Å². The maximum Gasteiger partial charge on any atom is 0.433 e. The van der Waals surface area contributed by atoms with E-state index < -0.39 is 0 Å². The number of para-hydroxylation sites is 2. The summed E-state index contributed by atoms with van der Waals surface area (Å²) in [6.45, 7) is 2.66. The molecule has 0 N–H and O–H groups in total. The molecule has 3 rings (SSSR count). The van der Waals surface area contributed by atoms with Crippen LogP contribution in [-0.4, -0.2) is 34.7 Å². The minimum absolute atomic E-state index is 0.0245. The van der Waals surface area contributed by atoms with Crippen molar-refractivity contribution >= 4 is 39.5 Å². The summed E-state index contributed by atoms with van der Waals surface area (Å²) in [4.78, 5) is 15.1. The van der Waals surface area contributed by atoms with Gasteiger partial charge in [0.25, 0.3) is 4.38 Å². The Morgan fingerprint density at radius 2 is 2.15 bits per heavy atom. The third kappa shape index (κ3) is 1.94. The zero-order chi connectivity index (χ0) is 14.3. The Morgan fingerprint density at radius 1 is 1.40 bits per heavy atom. The van der Waals surface area contributed by atoms with Gasteiger partial charge in [-0.05, 0) is 25.3 Å². The number of amides is 1. The molecule has 0 aliphatic carbocycles. The fraction of sp³-hybridized carbons (Fsp3) is 0.286. The Balaban J connectivity index is 2.02. The first-order valence-electron chi connectivity index (χ1n) is 6.33. The fourth-order valence-electron chi connectivity index (χ4n) is 2.25. The van der Waals surface area contributed by atoms with Crippen LogP contribution < -0.4 is 9.64 Å². The molecule has 0 fully saturated rings. The second-order valence-electron chi connectivity index (χ2n) is 4.38. The second-order valence-corrected chi connectivity index (χ2v) is 6.44. The number of thioether (sulfide) groups is 2. The summed E-state index contributed by atoms with van der Waals surface area (Å²) in [5, 5.41) is 0. The molecule has 0 radical (unpaired) electrons. The van der Waals surface area contributed by atoms with Crippen molar-refractivity contribution in [2.75, 3.05) is 24.7 Å². The molecule has 20 heavy (non-hydrogen) atoms. The number of hydrogen-bond donors (Lipinski definition) is 0. The van der Waals surface area contributed by atoms with Crippen LogP contribution in [0.15, 0.2) is 35.1 Å². The van der Waals surface area contributed by atoms with Gasteiger partial charge >= 0.3 is 5.91 Å². The normalized spacial score (nSPS) is 21.6. The molecule has 2 aliphatic rings. The Kier molecular flexibility index (Phi) is 3.52. The van der Waals surface area contributed by atoms with E-state index >= 15 is 0 Å². The van der Waals surface area contributed by atoms with E-state index in [0.717, 1.165) is 15.8 Å². The van der Waals surface area contributed by atoms with E-state index in [4.69, 9.17) is 4.74 Å². The van der Waals surface area contributed by atoms with Crippen molar-refractivity contribution in [1.29, 1.82) is 0 Å². The van der Waals surface area contributed by atoms with Gasteiger partial charge in [-0.1, -0.05) is 23.9 Å². The van der Waals surface area contributed by atoms with Crippen molar-refractivity contribution in [2.45, 2.75) is 6.92 Å². The summed E-state index contributed by atoms with van der Waals surface area (Å²) in [7, 11) is 1.93. The molecule has 0 aromatic heterocycles. The Bertz CT molecular complexity index is 652. The maximum atomic E-state index is 12.5. The summed E-state index contributed by atoms with van der Waals surface area (Å²) < 4.78 is 8.67. The van der Waals surface area contributed by atoms with Crippen molar-refractivity contribution < 1.29 is 14.1 Å². The lowest BCUT2D eigenvalue weighted by molar-refractivity contribution is -0.433. The summed E-state index contributed by atoms with van der Waals surface area (Å²) in [6.07, 6.45) is 1.99. The third-order valence-electron chi connectivity index (χ3n) is 3.27. The first-order chi connectivity index (χ1) is 9.67. The second kappa shape index (κ2) is 5.18.